The van der Waals surface area contributed by atoms with Crippen molar-refractivity contribution in [2.45, 2.75) is 19.9 Å². The lowest BCUT2D eigenvalue weighted by Crippen LogP contribution is -2.09. The van der Waals surface area contributed by atoms with Gasteiger partial charge in [0.15, 0.2) is 0 Å². The van der Waals surface area contributed by atoms with Gasteiger partial charge in [0.2, 0.25) is 5.95 Å². The van der Waals surface area contributed by atoms with Crippen molar-refractivity contribution in [2.24, 2.45) is 0 Å². The number of aromatic nitrogens is 2. The van der Waals surface area contributed by atoms with Crippen LogP contribution in [0.4, 0.5) is 5.95 Å². The number of halogens is 1. The van der Waals surface area contributed by atoms with Gasteiger partial charge in [0.25, 0.3) is 0 Å². The van der Waals surface area contributed by atoms with Gasteiger partial charge in [-0.05, 0) is 41.4 Å². The van der Waals surface area contributed by atoms with Crippen LogP contribution in [0.3, 0.4) is 0 Å². The topological polar surface area (TPSA) is 29.9 Å². The van der Waals surface area contributed by atoms with Crippen LogP contribution >= 0.6 is 27.3 Å². The van der Waals surface area contributed by atoms with Crippen LogP contribution < -0.4 is 5.32 Å². The number of imidazole rings is 1. The van der Waals surface area contributed by atoms with E-state index >= 15 is 0 Å². The van der Waals surface area contributed by atoms with Crippen LogP contribution in [0.5, 0.6) is 0 Å². The van der Waals surface area contributed by atoms with Crippen LogP contribution in [-0.2, 0) is 13.0 Å². The molecule has 0 bridgehead atoms. The second kappa shape index (κ2) is 5.50. The second-order valence-electron chi connectivity index (χ2n) is 3.42. The summed E-state index contributed by atoms with van der Waals surface area (Å²) in [6.45, 7) is 3.99. The fourth-order valence-electron chi connectivity index (χ4n) is 1.52. The van der Waals surface area contributed by atoms with Crippen molar-refractivity contribution >= 4 is 33.2 Å². The van der Waals surface area contributed by atoms with E-state index in [0.717, 1.165) is 25.5 Å². The zero-order valence-corrected chi connectivity index (χ0v) is 11.5. The largest absolute Gasteiger partial charge is 0.355 e. The van der Waals surface area contributed by atoms with Gasteiger partial charge in [0.1, 0.15) is 0 Å². The molecule has 0 aliphatic rings. The maximum Gasteiger partial charge on any atom is 0.202 e. The fourth-order valence-corrected chi connectivity index (χ4v) is 3.00. The summed E-state index contributed by atoms with van der Waals surface area (Å²) in [5.74, 6) is 0.957. The Hall–Kier alpha value is -0.810. The van der Waals surface area contributed by atoms with E-state index in [0.29, 0.717) is 0 Å². The van der Waals surface area contributed by atoms with E-state index in [2.05, 4.69) is 49.9 Å². The number of thiophene rings is 1. The molecule has 1 N–H and O–H groups in total. The molecular formula is C11H14BrN3S. The van der Waals surface area contributed by atoms with E-state index in [1.165, 1.54) is 8.66 Å². The molecule has 0 saturated heterocycles. The number of nitrogens with one attached hydrogen (secondary N) is 1. The first-order valence-electron chi connectivity index (χ1n) is 5.29. The van der Waals surface area contributed by atoms with Gasteiger partial charge in [-0.25, -0.2) is 4.98 Å². The van der Waals surface area contributed by atoms with Gasteiger partial charge in [-0.2, -0.15) is 0 Å². The number of aryl methyl sites for hydroxylation is 1. The minimum Gasteiger partial charge on any atom is -0.355 e. The molecule has 0 fully saturated rings. The third-order valence-electron chi connectivity index (χ3n) is 2.34. The van der Waals surface area contributed by atoms with E-state index in [4.69, 9.17) is 0 Å². The van der Waals surface area contributed by atoms with Gasteiger partial charge in [0.05, 0.1) is 3.79 Å². The van der Waals surface area contributed by atoms with Crippen molar-refractivity contribution in [3.63, 3.8) is 0 Å². The molecule has 16 heavy (non-hydrogen) atoms. The van der Waals surface area contributed by atoms with Crippen molar-refractivity contribution < 1.29 is 0 Å². The fraction of sp³-hybridized carbons (Fsp3) is 0.364. The Morgan fingerprint density at radius 3 is 3.06 bits per heavy atom. The number of nitrogens with zero attached hydrogens (tertiary/aromatic N) is 2. The summed E-state index contributed by atoms with van der Waals surface area (Å²) in [6, 6.07) is 4.25. The standard InChI is InChI=1S/C11H14BrN3S/c1-2-15-8-7-14-11(15)13-6-5-9-3-4-10(12)16-9/h3-4,7-8H,2,5-6H2,1H3,(H,13,14). The molecule has 86 valence electrons. The van der Waals surface area contributed by atoms with Crippen molar-refractivity contribution in [3.8, 4) is 0 Å². The highest BCUT2D eigenvalue weighted by Crippen LogP contribution is 2.22. The highest BCUT2D eigenvalue weighted by molar-refractivity contribution is 9.11. The zero-order chi connectivity index (χ0) is 11.4. The monoisotopic (exact) mass is 299 g/mol. The highest BCUT2D eigenvalue weighted by Gasteiger charge is 2.01. The molecule has 5 heteroatoms. The number of hydrogen-bond donors (Lipinski definition) is 1. The molecule has 0 aliphatic heterocycles. The van der Waals surface area contributed by atoms with Crippen molar-refractivity contribution in [2.75, 3.05) is 11.9 Å². The summed E-state index contributed by atoms with van der Waals surface area (Å²) in [7, 11) is 0. The molecule has 3 nitrogen and oxygen atoms in total. The van der Waals surface area contributed by atoms with Gasteiger partial charge in [-0.15, -0.1) is 11.3 Å². The average molecular weight is 300 g/mol. The molecule has 2 aromatic heterocycles. The predicted octanol–water partition coefficient (Wildman–Crippen LogP) is 3.38. The molecule has 0 unspecified atom stereocenters. The SMILES string of the molecule is CCn1ccnc1NCCc1ccc(Br)s1. The quantitative estimate of drug-likeness (QED) is 0.917. The van der Waals surface area contributed by atoms with E-state index in [1.54, 1.807) is 11.3 Å². The Bertz CT molecular complexity index is 450. The Kier molecular flexibility index (Phi) is 4.01. The molecule has 0 amide bonds. The van der Waals surface area contributed by atoms with Crippen molar-refractivity contribution in [1.82, 2.24) is 9.55 Å². The first-order chi connectivity index (χ1) is 7.79. The summed E-state index contributed by atoms with van der Waals surface area (Å²) in [6.07, 6.45) is 4.85. The van der Waals surface area contributed by atoms with E-state index < -0.39 is 0 Å². The Balaban J connectivity index is 1.84. The van der Waals surface area contributed by atoms with Crippen LogP contribution in [0, 0.1) is 0 Å². The maximum absolute atomic E-state index is 4.27. The van der Waals surface area contributed by atoms with Gasteiger partial charge in [0, 0.05) is 30.4 Å². The molecule has 0 saturated carbocycles. The molecule has 0 atom stereocenters. The van der Waals surface area contributed by atoms with Crippen molar-refractivity contribution in [1.29, 1.82) is 0 Å². The average Bonchev–Trinajstić information content (AvgIpc) is 2.87. The van der Waals surface area contributed by atoms with Crippen LogP contribution in [-0.4, -0.2) is 16.1 Å². The van der Waals surface area contributed by atoms with Gasteiger partial charge < -0.3 is 9.88 Å². The molecule has 2 aromatic rings. The summed E-state index contributed by atoms with van der Waals surface area (Å²) in [5, 5.41) is 3.35. The Morgan fingerprint density at radius 1 is 1.50 bits per heavy atom. The molecule has 0 aromatic carbocycles. The van der Waals surface area contributed by atoms with E-state index in [1.807, 2.05) is 12.4 Å². The summed E-state index contributed by atoms with van der Waals surface area (Å²) in [4.78, 5) is 5.65. The summed E-state index contributed by atoms with van der Waals surface area (Å²) >= 11 is 5.25. The normalized spacial score (nSPS) is 10.6. The maximum atomic E-state index is 4.27. The minimum absolute atomic E-state index is 0.921. The van der Waals surface area contributed by atoms with Gasteiger partial charge in [-0.1, -0.05) is 0 Å². The third-order valence-corrected chi connectivity index (χ3v) is 4.02. The number of hydrogen-bond acceptors (Lipinski definition) is 3. The number of rotatable bonds is 5. The van der Waals surface area contributed by atoms with Gasteiger partial charge >= 0.3 is 0 Å². The third kappa shape index (κ3) is 2.86. The minimum atomic E-state index is 0.921. The van der Waals surface area contributed by atoms with Crippen LogP contribution in [0.2, 0.25) is 0 Å². The molecule has 0 aliphatic carbocycles. The first-order valence-corrected chi connectivity index (χ1v) is 6.89. The highest BCUT2D eigenvalue weighted by atomic mass is 79.9. The molecule has 0 radical (unpaired) electrons. The summed E-state index contributed by atoms with van der Waals surface area (Å²) in [5.41, 5.74) is 0. The molecule has 2 heterocycles. The Morgan fingerprint density at radius 2 is 2.38 bits per heavy atom. The lowest BCUT2D eigenvalue weighted by atomic mass is 10.3. The summed E-state index contributed by atoms with van der Waals surface area (Å²) < 4.78 is 3.29. The van der Waals surface area contributed by atoms with Crippen molar-refractivity contribution in [3.05, 3.63) is 33.2 Å². The van der Waals surface area contributed by atoms with E-state index in [-0.39, 0.29) is 0 Å². The second-order valence-corrected chi connectivity index (χ2v) is 5.97. The zero-order valence-electron chi connectivity index (χ0n) is 9.11. The lowest BCUT2D eigenvalue weighted by molar-refractivity contribution is 0.762. The molecule has 2 rings (SSSR count). The van der Waals surface area contributed by atoms with Crippen LogP contribution in [0.25, 0.3) is 0 Å². The van der Waals surface area contributed by atoms with Gasteiger partial charge in [-0.3, -0.25) is 0 Å². The van der Waals surface area contributed by atoms with E-state index in [9.17, 15) is 0 Å². The smallest absolute Gasteiger partial charge is 0.202 e. The lowest BCUT2D eigenvalue weighted by Gasteiger charge is -2.06. The Labute approximate surface area is 108 Å². The number of anilines is 1. The predicted molar refractivity (Wildman–Crippen MR) is 72.1 cm³/mol. The molecule has 0 spiro atoms. The van der Waals surface area contributed by atoms with Crippen LogP contribution in [0.1, 0.15) is 11.8 Å². The van der Waals surface area contributed by atoms with Crippen LogP contribution in [0.15, 0.2) is 28.3 Å². The molecular weight excluding hydrogens is 286 g/mol. The first kappa shape index (κ1) is 11.7.